The lowest BCUT2D eigenvalue weighted by molar-refractivity contribution is -0.169. The molecule has 2 aliphatic heterocycles. The maximum absolute atomic E-state index is 14.0. The van der Waals surface area contributed by atoms with Crippen LogP contribution in [-0.4, -0.2) is 78.6 Å². The van der Waals surface area contributed by atoms with Gasteiger partial charge in [-0.3, -0.25) is 14.5 Å². The molecular formula is C33H43F5N4O5. The molecule has 9 nitrogen and oxygen atoms in total. The predicted molar refractivity (Wildman–Crippen MR) is 164 cm³/mol. The molecule has 0 aliphatic carbocycles. The van der Waals surface area contributed by atoms with Crippen LogP contribution in [0.15, 0.2) is 42.5 Å². The summed E-state index contributed by atoms with van der Waals surface area (Å²) in [4.78, 5) is 44.6. The smallest absolute Gasteiger partial charge is 0.416 e. The molecule has 4 rings (SSSR count). The second kappa shape index (κ2) is 16.2. The number of halogens is 5. The number of carbonyl (C=O) groups excluding carboxylic acids is 3. The van der Waals surface area contributed by atoms with Crippen LogP contribution in [0.25, 0.3) is 0 Å². The van der Waals surface area contributed by atoms with Gasteiger partial charge in [-0.25, -0.2) is 13.6 Å². The van der Waals surface area contributed by atoms with Gasteiger partial charge in [0.05, 0.1) is 19.2 Å². The first-order valence-corrected chi connectivity index (χ1v) is 15.6. The van der Waals surface area contributed by atoms with Gasteiger partial charge in [0.1, 0.15) is 24.6 Å². The van der Waals surface area contributed by atoms with Crippen molar-refractivity contribution in [2.45, 2.75) is 83.9 Å². The number of hydrogen-bond acceptors (Lipinski definition) is 6. The van der Waals surface area contributed by atoms with E-state index < -0.39 is 48.1 Å². The van der Waals surface area contributed by atoms with Crippen LogP contribution < -0.4 is 10.1 Å². The van der Waals surface area contributed by atoms with Crippen LogP contribution >= 0.6 is 0 Å². The fourth-order valence-electron chi connectivity index (χ4n) is 5.62. The number of benzene rings is 2. The van der Waals surface area contributed by atoms with Crippen molar-refractivity contribution in [2.75, 3.05) is 33.8 Å². The lowest BCUT2D eigenvalue weighted by Gasteiger charge is -2.52. The molecule has 3 amide bonds. The van der Waals surface area contributed by atoms with Crippen molar-refractivity contribution in [1.82, 2.24) is 20.0 Å². The van der Waals surface area contributed by atoms with E-state index in [0.717, 1.165) is 18.1 Å². The summed E-state index contributed by atoms with van der Waals surface area (Å²) < 4.78 is 78.8. The second-order valence-electron chi connectivity index (χ2n) is 11.3. The highest BCUT2D eigenvalue weighted by atomic mass is 19.4. The fraction of sp³-hybridized carbons (Fsp3) is 0.545. The van der Waals surface area contributed by atoms with Crippen molar-refractivity contribution in [3.05, 3.63) is 64.7 Å². The van der Waals surface area contributed by atoms with Crippen molar-refractivity contribution in [3.63, 3.8) is 0 Å². The van der Waals surface area contributed by atoms with E-state index >= 15 is 0 Å². The van der Waals surface area contributed by atoms with Crippen LogP contribution in [-0.2, 0) is 39.6 Å². The number of carbonyl (C=O) groups is 3. The Labute approximate surface area is 272 Å². The molecule has 2 heterocycles. The summed E-state index contributed by atoms with van der Waals surface area (Å²) in [6.07, 6.45) is -5.05. The van der Waals surface area contributed by atoms with E-state index in [4.69, 9.17) is 9.47 Å². The molecule has 0 radical (unpaired) electrons. The van der Waals surface area contributed by atoms with E-state index in [1.54, 1.807) is 17.0 Å². The Hall–Kier alpha value is -3.94. The molecule has 0 spiro atoms. The van der Waals surface area contributed by atoms with Crippen molar-refractivity contribution >= 4 is 17.9 Å². The van der Waals surface area contributed by atoms with Gasteiger partial charge in [-0.2, -0.15) is 13.2 Å². The molecule has 47 heavy (non-hydrogen) atoms. The first-order valence-electron chi connectivity index (χ1n) is 15.6. The third kappa shape index (κ3) is 9.55. The van der Waals surface area contributed by atoms with Crippen LogP contribution in [0.2, 0.25) is 0 Å². The van der Waals surface area contributed by atoms with Gasteiger partial charge in [0, 0.05) is 32.0 Å². The number of nitrogens with zero attached hydrogens (tertiary/aromatic N) is 3. The van der Waals surface area contributed by atoms with Crippen molar-refractivity contribution in [2.24, 2.45) is 0 Å². The van der Waals surface area contributed by atoms with Crippen LogP contribution in [0.1, 0.15) is 68.7 Å². The molecule has 1 unspecified atom stereocenters. The highest BCUT2D eigenvalue weighted by Crippen LogP contribution is 2.36. The summed E-state index contributed by atoms with van der Waals surface area (Å²) in [5.41, 5.74) is -1.61. The number of methoxy groups -OCH3 is 1. The average molecular weight is 671 g/mol. The topological polar surface area (TPSA) is 91.4 Å². The van der Waals surface area contributed by atoms with Crippen LogP contribution in [0, 0.1) is 0 Å². The summed E-state index contributed by atoms with van der Waals surface area (Å²) in [5, 5.41) is 3.05. The number of fused-ring (bicyclic) bond motifs is 1. The Balaban J connectivity index is 0.00000294. The molecule has 0 bridgehead atoms. The Morgan fingerprint density at radius 3 is 2.23 bits per heavy atom. The van der Waals surface area contributed by atoms with Crippen LogP contribution in [0.3, 0.4) is 0 Å². The summed E-state index contributed by atoms with van der Waals surface area (Å²) >= 11 is 0. The zero-order chi connectivity index (χ0) is 34.9. The Kier molecular flexibility index (Phi) is 13.0. The zero-order valence-electron chi connectivity index (χ0n) is 27.3. The highest BCUT2D eigenvalue weighted by Gasteiger charge is 2.49. The number of alkyl halides is 5. The lowest BCUT2D eigenvalue weighted by Crippen LogP contribution is -2.71. The number of piperazine rings is 1. The van der Waals surface area contributed by atoms with Gasteiger partial charge in [-0.15, -0.1) is 0 Å². The number of amides is 3. The number of hydrogen-bond donors (Lipinski definition) is 1. The molecular weight excluding hydrogens is 627 g/mol. The molecule has 2 aromatic carbocycles. The quantitative estimate of drug-likeness (QED) is 0.228. The predicted octanol–water partition coefficient (Wildman–Crippen LogP) is 6.15. The average Bonchev–Trinajstić information content (AvgIpc) is 3.04. The molecule has 2 atom stereocenters. The van der Waals surface area contributed by atoms with E-state index in [1.165, 1.54) is 16.9 Å². The third-order valence-electron chi connectivity index (χ3n) is 7.96. The molecule has 2 aliphatic rings. The summed E-state index contributed by atoms with van der Waals surface area (Å²) in [6.45, 7) is 4.63. The summed E-state index contributed by atoms with van der Waals surface area (Å²) in [5.74, 6) is -3.47. The molecule has 260 valence electrons. The molecule has 1 N–H and O–H groups in total. The van der Waals surface area contributed by atoms with E-state index in [2.05, 4.69) is 5.32 Å². The minimum atomic E-state index is -4.89. The molecule has 0 aromatic heterocycles. The first kappa shape index (κ1) is 37.5. The van der Waals surface area contributed by atoms with Gasteiger partial charge in [0.15, 0.2) is 0 Å². The van der Waals surface area contributed by atoms with E-state index in [9.17, 15) is 36.3 Å². The van der Waals surface area contributed by atoms with E-state index in [-0.39, 0.29) is 43.4 Å². The maximum atomic E-state index is 14.0. The summed E-state index contributed by atoms with van der Waals surface area (Å²) in [6, 6.07) is 8.19. The first-order chi connectivity index (χ1) is 22.2. The maximum Gasteiger partial charge on any atom is 0.416 e. The van der Waals surface area contributed by atoms with Gasteiger partial charge in [-0.1, -0.05) is 26.0 Å². The van der Waals surface area contributed by atoms with Crippen molar-refractivity contribution in [3.8, 4) is 5.75 Å². The number of nitrogens with one attached hydrogen (secondary N) is 1. The minimum Gasteiger partial charge on any atom is -0.497 e. The second-order valence-corrected chi connectivity index (χ2v) is 11.3. The Bertz CT molecular complexity index is 1330. The van der Waals surface area contributed by atoms with E-state index in [1.807, 2.05) is 33.0 Å². The zero-order valence-corrected chi connectivity index (χ0v) is 27.3. The van der Waals surface area contributed by atoms with E-state index in [0.29, 0.717) is 44.2 Å². The van der Waals surface area contributed by atoms with Crippen LogP contribution in [0.4, 0.5) is 26.7 Å². The molecule has 14 heteroatoms. The monoisotopic (exact) mass is 670 g/mol. The van der Waals surface area contributed by atoms with Crippen molar-refractivity contribution < 1.29 is 45.8 Å². The van der Waals surface area contributed by atoms with Gasteiger partial charge in [0.25, 0.3) is 5.92 Å². The SMILES string of the molecule is CC.CNCCCC[C@H]1C(=O)N(Cc2ccc(OC)cc2)CC2N(C(=O)OCc3cc(C(C)(F)F)cc(C(F)(F)F)c3)CCC(=O)N21. The lowest BCUT2D eigenvalue weighted by atomic mass is 9.98. The summed E-state index contributed by atoms with van der Waals surface area (Å²) in [7, 11) is 3.35. The van der Waals surface area contributed by atoms with Crippen molar-refractivity contribution in [1.29, 1.82) is 0 Å². The molecule has 2 aromatic rings. The minimum absolute atomic E-state index is 0.0194. The van der Waals surface area contributed by atoms with Gasteiger partial charge >= 0.3 is 12.3 Å². The third-order valence-corrected chi connectivity index (χ3v) is 7.96. The number of rotatable bonds is 11. The Morgan fingerprint density at radius 1 is 0.979 bits per heavy atom. The Morgan fingerprint density at radius 2 is 1.64 bits per heavy atom. The standard InChI is InChI=1S/C31H37F5N4O5.C2H6/c1-30(32,33)22-14-21(15-23(16-22)31(34,35)36)19-45-29(43)39-13-11-27(41)40-25(6-4-5-12-37-2)28(42)38(18-26(39)40)17-20-7-9-24(44-3)10-8-20;1-2/h7-10,14-16,25-26,37H,4-6,11-13,17-19H2,1-3H3;1-2H3/t25-,26?;/m0./s1. The largest absolute Gasteiger partial charge is 0.497 e. The number of ether oxygens (including phenoxy) is 2. The molecule has 0 saturated carbocycles. The van der Waals surface area contributed by atoms with Gasteiger partial charge in [-0.05, 0) is 74.3 Å². The highest BCUT2D eigenvalue weighted by molar-refractivity contribution is 5.90. The van der Waals surface area contributed by atoms with Crippen LogP contribution in [0.5, 0.6) is 5.75 Å². The normalized spacial score (nSPS) is 18.4. The fourth-order valence-corrected chi connectivity index (χ4v) is 5.62. The van der Waals surface area contributed by atoms with Gasteiger partial charge < -0.3 is 24.6 Å². The molecule has 2 saturated heterocycles. The van der Waals surface area contributed by atoms with Gasteiger partial charge in [0.2, 0.25) is 11.8 Å². The number of unbranched alkanes of at least 4 members (excludes halogenated alkanes) is 1. The molecule has 2 fully saturated rings.